The molecule has 4 heteroatoms. The van der Waals surface area contributed by atoms with Gasteiger partial charge in [-0.3, -0.25) is 4.68 Å². The van der Waals surface area contributed by atoms with Gasteiger partial charge in [0, 0.05) is 17.8 Å². The third-order valence-electron chi connectivity index (χ3n) is 2.61. The Kier molecular flexibility index (Phi) is 5.15. The summed E-state index contributed by atoms with van der Waals surface area (Å²) in [7, 11) is 0. The zero-order valence-electron chi connectivity index (χ0n) is 11.7. The van der Waals surface area contributed by atoms with Crippen LogP contribution in [0.3, 0.4) is 0 Å². The Hall–Kier alpha value is -0.870. The molecule has 0 spiro atoms. The zero-order chi connectivity index (χ0) is 12.9. The largest absolute Gasteiger partial charge is 0.374 e. The second kappa shape index (κ2) is 6.17. The van der Waals surface area contributed by atoms with Crippen LogP contribution in [0.4, 0.5) is 0 Å². The highest BCUT2D eigenvalue weighted by molar-refractivity contribution is 5.15. The van der Waals surface area contributed by atoms with Crippen molar-refractivity contribution in [2.75, 3.05) is 13.2 Å². The fourth-order valence-corrected chi connectivity index (χ4v) is 1.58. The summed E-state index contributed by atoms with van der Waals surface area (Å²) in [6.45, 7) is 13.8. The summed E-state index contributed by atoms with van der Waals surface area (Å²) in [5, 5.41) is 7.70. The molecular formula is C13H25N3O. The van der Waals surface area contributed by atoms with Gasteiger partial charge in [-0.2, -0.15) is 5.10 Å². The van der Waals surface area contributed by atoms with Gasteiger partial charge in [-0.15, -0.1) is 0 Å². The molecule has 0 aliphatic heterocycles. The van der Waals surface area contributed by atoms with E-state index in [2.05, 4.69) is 45.0 Å². The van der Waals surface area contributed by atoms with E-state index in [0.717, 1.165) is 19.6 Å². The Labute approximate surface area is 104 Å². The number of nitrogens with one attached hydrogen (secondary N) is 1. The summed E-state index contributed by atoms with van der Waals surface area (Å²) in [6, 6.07) is 0. The molecule has 17 heavy (non-hydrogen) atoms. The minimum atomic E-state index is -0.0757. The van der Waals surface area contributed by atoms with Gasteiger partial charge >= 0.3 is 0 Å². The number of hydrogen-bond donors (Lipinski definition) is 1. The van der Waals surface area contributed by atoms with Crippen LogP contribution in [-0.2, 0) is 17.8 Å². The number of rotatable bonds is 6. The van der Waals surface area contributed by atoms with Gasteiger partial charge in [-0.1, -0.05) is 6.92 Å². The molecule has 0 saturated carbocycles. The van der Waals surface area contributed by atoms with Crippen LogP contribution in [0.25, 0.3) is 0 Å². The van der Waals surface area contributed by atoms with Crippen molar-refractivity contribution < 1.29 is 4.74 Å². The molecule has 98 valence electrons. The maximum Gasteiger partial charge on any atom is 0.0669 e. The Bertz CT molecular complexity index is 339. The zero-order valence-corrected chi connectivity index (χ0v) is 11.7. The second-order valence-corrected chi connectivity index (χ2v) is 5.22. The number of ether oxygens (including phenoxy) is 1. The molecule has 0 fully saturated rings. The molecule has 1 rings (SSSR count). The smallest absolute Gasteiger partial charge is 0.0669 e. The molecule has 1 aromatic heterocycles. The highest BCUT2D eigenvalue weighted by Crippen LogP contribution is 2.09. The number of nitrogens with zero attached hydrogens (tertiary/aromatic N) is 2. The lowest BCUT2D eigenvalue weighted by Gasteiger charge is -2.19. The maximum atomic E-state index is 5.70. The topological polar surface area (TPSA) is 39.1 Å². The predicted molar refractivity (Wildman–Crippen MR) is 70.0 cm³/mol. The summed E-state index contributed by atoms with van der Waals surface area (Å²) in [4.78, 5) is 0. The SMILES string of the molecule is CCNCc1cnn(CCOC(C)(C)C)c1C. The first kappa shape index (κ1) is 14.2. The molecule has 1 aromatic rings. The Morgan fingerprint density at radius 1 is 1.41 bits per heavy atom. The van der Waals surface area contributed by atoms with E-state index in [0.29, 0.717) is 6.61 Å². The summed E-state index contributed by atoms with van der Waals surface area (Å²) in [6.07, 6.45) is 1.94. The van der Waals surface area contributed by atoms with E-state index in [-0.39, 0.29) is 5.60 Å². The van der Waals surface area contributed by atoms with Gasteiger partial charge in [-0.05, 0) is 34.2 Å². The monoisotopic (exact) mass is 239 g/mol. The van der Waals surface area contributed by atoms with E-state index in [1.807, 2.05) is 10.9 Å². The lowest BCUT2D eigenvalue weighted by Crippen LogP contribution is -2.22. The molecular weight excluding hydrogens is 214 g/mol. The van der Waals surface area contributed by atoms with Crippen LogP contribution in [0.2, 0.25) is 0 Å². The Morgan fingerprint density at radius 2 is 2.12 bits per heavy atom. The molecule has 0 aliphatic rings. The van der Waals surface area contributed by atoms with Gasteiger partial charge in [0.2, 0.25) is 0 Å². The third kappa shape index (κ3) is 4.88. The minimum Gasteiger partial charge on any atom is -0.374 e. The Morgan fingerprint density at radius 3 is 2.71 bits per heavy atom. The quantitative estimate of drug-likeness (QED) is 0.826. The van der Waals surface area contributed by atoms with E-state index in [4.69, 9.17) is 4.74 Å². The van der Waals surface area contributed by atoms with Crippen molar-refractivity contribution in [3.63, 3.8) is 0 Å². The average Bonchev–Trinajstić information content (AvgIpc) is 2.56. The average molecular weight is 239 g/mol. The Balaban J connectivity index is 2.46. The third-order valence-corrected chi connectivity index (χ3v) is 2.61. The summed E-state index contributed by atoms with van der Waals surface area (Å²) >= 11 is 0. The lowest BCUT2D eigenvalue weighted by atomic mass is 10.2. The van der Waals surface area contributed by atoms with Crippen LogP contribution in [0.5, 0.6) is 0 Å². The van der Waals surface area contributed by atoms with Crippen LogP contribution in [-0.4, -0.2) is 28.5 Å². The normalized spacial score (nSPS) is 12.1. The van der Waals surface area contributed by atoms with Crippen molar-refractivity contribution in [1.29, 1.82) is 0 Å². The predicted octanol–water partition coefficient (Wildman–Crippen LogP) is 2.12. The molecule has 0 bridgehead atoms. The fourth-order valence-electron chi connectivity index (χ4n) is 1.58. The molecule has 0 amide bonds. The van der Waals surface area contributed by atoms with Gasteiger partial charge in [0.25, 0.3) is 0 Å². The van der Waals surface area contributed by atoms with E-state index < -0.39 is 0 Å². The summed E-state index contributed by atoms with van der Waals surface area (Å²) < 4.78 is 7.71. The molecule has 0 saturated heterocycles. The molecule has 0 radical (unpaired) electrons. The molecule has 0 aromatic carbocycles. The van der Waals surface area contributed by atoms with Crippen LogP contribution < -0.4 is 5.32 Å². The molecule has 1 heterocycles. The number of aromatic nitrogens is 2. The van der Waals surface area contributed by atoms with Crippen LogP contribution >= 0.6 is 0 Å². The van der Waals surface area contributed by atoms with Crippen molar-refractivity contribution in [3.05, 3.63) is 17.5 Å². The molecule has 0 atom stereocenters. The molecule has 1 N–H and O–H groups in total. The molecule has 0 aliphatic carbocycles. The van der Waals surface area contributed by atoms with Crippen molar-refractivity contribution in [1.82, 2.24) is 15.1 Å². The van der Waals surface area contributed by atoms with Crippen molar-refractivity contribution in [2.24, 2.45) is 0 Å². The fraction of sp³-hybridized carbons (Fsp3) is 0.769. The van der Waals surface area contributed by atoms with Crippen molar-refractivity contribution in [2.45, 2.75) is 53.3 Å². The standard InChI is InChI=1S/C13H25N3O/c1-6-14-9-12-10-15-16(11(12)2)7-8-17-13(3,4)5/h10,14H,6-9H2,1-5H3. The van der Waals surface area contributed by atoms with E-state index >= 15 is 0 Å². The minimum absolute atomic E-state index is 0.0757. The van der Waals surface area contributed by atoms with Gasteiger partial charge in [-0.25, -0.2) is 0 Å². The number of hydrogen-bond acceptors (Lipinski definition) is 3. The second-order valence-electron chi connectivity index (χ2n) is 5.22. The van der Waals surface area contributed by atoms with Crippen LogP contribution in [0, 0.1) is 6.92 Å². The molecule has 4 nitrogen and oxygen atoms in total. The van der Waals surface area contributed by atoms with Gasteiger partial charge in [0.15, 0.2) is 0 Å². The van der Waals surface area contributed by atoms with Gasteiger partial charge in [0.05, 0.1) is 24.9 Å². The van der Waals surface area contributed by atoms with E-state index in [1.54, 1.807) is 0 Å². The van der Waals surface area contributed by atoms with Crippen molar-refractivity contribution >= 4 is 0 Å². The summed E-state index contributed by atoms with van der Waals surface area (Å²) in [5.41, 5.74) is 2.42. The van der Waals surface area contributed by atoms with E-state index in [9.17, 15) is 0 Å². The van der Waals surface area contributed by atoms with Crippen LogP contribution in [0.15, 0.2) is 6.20 Å². The van der Waals surface area contributed by atoms with Gasteiger partial charge < -0.3 is 10.1 Å². The first-order valence-corrected chi connectivity index (χ1v) is 6.30. The first-order chi connectivity index (χ1) is 7.94. The highest BCUT2D eigenvalue weighted by Gasteiger charge is 2.11. The van der Waals surface area contributed by atoms with E-state index in [1.165, 1.54) is 11.3 Å². The summed E-state index contributed by atoms with van der Waals surface area (Å²) in [5.74, 6) is 0. The maximum absolute atomic E-state index is 5.70. The first-order valence-electron chi connectivity index (χ1n) is 6.30. The molecule has 0 unspecified atom stereocenters. The lowest BCUT2D eigenvalue weighted by molar-refractivity contribution is -0.00809. The van der Waals surface area contributed by atoms with Crippen LogP contribution in [0.1, 0.15) is 39.0 Å². The highest BCUT2D eigenvalue weighted by atomic mass is 16.5. The van der Waals surface area contributed by atoms with Crippen molar-refractivity contribution in [3.8, 4) is 0 Å². The van der Waals surface area contributed by atoms with Gasteiger partial charge in [0.1, 0.15) is 0 Å².